The maximum Gasteiger partial charge on any atom is 0.254 e. The van der Waals surface area contributed by atoms with Crippen LogP contribution in [0.3, 0.4) is 0 Å². The van der Waals surface area contributed by atoms with Gasteiger partial charge in [-0.15, -0.1) is 0 Å². The van der Waals surface area contributed by atoms with E-state index in [1.165, 1.54) is 5.56 Å². The lowest BCUT2D eigenvalue weighted by Crippen LogP contribution is -2.26. The largest absolute Gasteiger partial charge is 0.354 e. The van der Waals surface area contributed by atoms with Crippen LogP contribution in [0.5, 0.6) is 0 Å². The molecule has 0 bridgehead atoms. The molecule has 0 spiro atoms. The summed E-state index contributed by atoms with van der Waals surface area (Å²) >= 11 is 0. The zero-order valence-corrected chi connectivity index (χ0v) is 9.23. The predicted octanol–water partition coefficient (Wildman–Crippen LogP) is 1.52. The lowest BCUT2D eigenvalue weighted by atomic mass is 10.1. The van der Waals surface area contributed by atoms with Crippen LogP contribution in [0.2, 0.25) is 0 Å². The zero-order valence-electron chi connectivity index (χ0n) is 9.23. The normalized spacial score (nSPS) is 23.7. The Hall–Kier alpha value is -1.35. The van der Waals surface area contributed by atoms with E-state index in [-0.39, 0.29) is 18.1 Å². The van der Waals surface area contributed by atoms with Gasteiger partial charge in [0.05, 0.1) is 0 Å². The number of ether oxygens (including phenoxy) is 1. The van der Waals surface area contributed by atoms with Gasteiger partial charge in [0.15, 0.2) is 6.10 Å². The van der Waals surface area contributed by atoms with Crippen molar-refractivity contribution in [3.8, 4) is 0 Å². The average molecular weight is 205 g/mol. The number of hydrogen-bond donors (Lipinski definition) is 0. The van der Waals surface area contributed by atoms with Crippen molar-refractivity contribution in [2.45, 2.75) is 19.1 Å². The SMILES string of the molecule is Cc1ccc([C@@H]2O[C@H]2C(=O)N(C)C)cc1. The smallest absolute Gasteiger partial charge is 0.254 e. The first kappa shape index (κ1) is 10.2. The molecule has 3 nitrogen and oxygen atoms in total. The average Bonchev–Trinajstić information content (AvgIpc) is 2.97. The molecule has 3 heteroatoms. The molecule has 2 atom stereocenters. The number of benzene rings is 1. The van der Waals surface area contributed by atoms with E-state index in [1.54, 1.807) is 19.0 Å². The van der Waals surface area contributed by atoms with E-state index in [4.69, 9.17) is 4.74 Å². The lowest BCUT2D eigenvalue weighted by molar-refractivity contribution is -0.129. The number of hydrogen-bond acceptors (Lipinski definition) is 2. The van der Waals surface area contributed by atoms with Crippen molar-refractivity contribution in [1.82, 2.24) is 4.90 Å². The molecule has 1 aliphatic rings. The number of aryl methyl sites for hydroxylation is 1. The fourth-order valence-corrected chi connectivity index (χ4v) is 1.56. The van der Waals surface area contributed by atoms with E-state index in [0.717, 1.165) is 5.56 Å². The molecule has 1 aromatic carbocycles. The van der Waals surface area contributed by atoms with Crippen LogP contribution in [-0.4, -0.2) is 31.0 Å². The molecule has 0 N–H and O–H groups in total. The molecule has 1 aromatic rings. The summed E-state index contributed by atoms with van der Waals surface area (Å²) in [5.74, 6) is 0.0422. The third-order valence-corrected chi connectivity index (χ3v) is 2.58. The van der Waals surface area contributed by atoms with Crippen LogP contribution in [0.15, 0.2) is 24.3 Å². The quantitative estimate of drug-likeness (QED) is 0.686. The number of carbonyl (C=O) groups excluding carboxylic acids is 1. The number of carbonyl (C=O) groups is 1. The van der Waals surface area contributed by atoms with E-state index in [1.807, 2.05) is 31.2 Å². The van der Waals surface area contributed by atoms with Crippen molar-refractivity contribution in [3.63, 3.8) is 0 Å². The molecular formula is C12H15NO2. The first-order valence-corrected chi connectivity index (χ1v) is 5.03. The first-order chi connectivity index (χ1) is 7.09. The Bertz CT molecular complexity index is 370. The molecule has 1 heterocycles. The zero-order chi connectivity index (χ0) is 11.0. The highest BCUT2D eigenvalue weighted by Crippen LogP contribution is 2.39. The Morgan fingerprint density at radius 2 is 1.87 bits per heavy atom. The molecule has 0 radical (unpaired) electrons. The van der Waals surface area contributed by atoms with Crippen molar-refractivity contribution < 1.29 is 9.53 Å². The van der Waals surface area contributed by atoms with Crippen molar-refractivity contribution in [2.75, 3.05) is 14.1 Å². The van der Waals surface area contributed by atoms with Crippen molar-refractivity contribution in [2.24, 2.45) is 0 Å². The fraction of sp³-hybridized carbons (Fsp3) is 0.417. The summed E-state index contributed by atoms with van der Waals surface area (Å²) in [5, 5.41) is 0. The van der Waals surface area contributed by atoms with Crippen LogP contribution < -0.4 is 0 Å². The monoisotopic (exact) mass is 205 g/mol. The van der Waals surface area contributed by atoms with Gasteiger partial charge in [0.2, 0.25) is 0 Å². The maximum atomic E-state index is 11.6. The Labute approximate surface area is 89.7 Å². The van der Waals surface area contributed by atoms with E-state index >= 15 is 0 Å². The third-order valence-electron chi connectivity index (χ3n) is 2.58. The molecule has 0 aromatic heterocycles. The molecule has 1 saturated heterocycles. The predicted molar refractivity (Wildman–Crippen MR) is 57.5 cm³/mol. The topological polar surface area (TPSA) is 32.8 Å². The van der Waals surface area contributed by atoms with Gasteiger partial charge < -0.3 is 9.64 Å². The van der Waals surface area contributed by atoms with Crippen LogP contribution >= 0.6 is 0 Å². The van der Waals surface area contributed by atoms with Gasteiger partial charge in [-0.2, -0.15) is 0 Å². The van der Waals surface area contributed by atoms with Gasteiger partial charge in [-0.1, -0.05) is 29.8 Å². The molecule has 15 heavy (non-hydrogen) atoms. The molecule has 0 aliphatic carbocycles. The molecule has 0 unspecified atom stereocenters. The van der Waals surface area contributed by atoms with E-state index in [9.17, 15) is 4.79 Å². The molecule has 2 rings (SSSR count). The third kappa shape index (κ3) is 2.02. The minimum absolute atomic E-state index is 0.0412. The summed E-state index contributed by atoms with van der Waals surface area (Å²) < 4.78 is 5.37. The Balaban J connectivity index is 2.05. The molecule has 0 saturated carbocycles. The Morgan fingerprint density at radius 3 is 2.40 bits per heavy atom. The van der Waals surface area contributed by atoms with Crippen molar-refractivity contribution in [1.29, 1.82) is 0 Å². The van der Waals surface area contributed by atoms with Gasteiger partial charge in [0.1, 0.15) is 6.10 Å². The van der Waals surface area contributed by atoms with E-state index in [2.05, 4.69) is 0 Å². The summed E-state index contributed by atoms with van der Waals surface area (Å²) in [6.07, 6.45) is -0.316. The second kappa shape index (κ2) is 3.66. The Morgan fingerprint density at radius 1 is 1.27 bits per heavy atom. The number of epoxide rings is 1. The standard InChI is InChI=1S/C12H15NO2/c1-8-4-6-9(7-5-8)10-11(15-10)12(14)13(2)3/h4-7,10-11H,1-3H3/t10-,11+/m0/s1. The number of rotatable bonds is 2. The molecule has 1 amide bonds. The highest BCUT2D eigenvalue weighted by Gasteiger charge is 2.46. The van der Waals surface area contributed by atoms with Crippen LogP contribution in [0.1, 0.15) is 17.2 Å². The van der Waals surface area contributed by atoms with Gasteiger partial charge in [-0.3, -0.25) is 4.79 Å². The second-order valence-corrected chi connectivity index (χ2v) is 4.12. The number of amides is 1. The second-order valence-electron chi connectivity index (χ2n) is 4.12. The van der Waals surface area contributed by atoms with Gasteiger partial charge >= 0.3 is 0 Å². The lowest BCUT2D eigenvalue weighted by Gasteiger charge is -2.06. The van der Waals surface area contributed by atoms with Gasteiger partial charge in [-0.05, 0) is 12.5 Å². The van der Waals surface area contributed by atoms with E-state index in [0.29, 0.717) is 0 Å². The van der Waals surface area contributed by atoms with Crippen LogP contribution in [0, 0.1) is 6.92 Å². The summed E-state index contributed by atoms with van der Waals surface area (Å²) in [6, 6.07) is 8.11. The minimum atomic E-state index is -0.275. The maximum absolute atomic E-state index is 11.6. The van der Waals surface area contributed by atoms with Crippen LogP contribution in [0.4, 0.5) is 0 Å². The van der Waals surface area contributed by atoms with Gasteiger partial charge in [0.25, 0.3) is 5.91 Å². The van der Waals surface area contributed by atoms with Crippen molar-refractivity contribution in [3.05, 3.63) is 35.4 Å². The highest BCUT2D eigenvalue weighted by molar-refractivity contribution is 5.83. The highest BCUT2D eigenvalue weighted by atomic mass is 16.6. The number of likely N-dealkylation sites (N-methyl/N-ethyl adjacent to an activating group) is 1. The van der Waals surface area contributed by atoms with Crippen LogP contribution in [0.25, 0.3) is 0 Å². The molecule has 80 valence electrons. The summed E-state index contributed by atoms with van der Waals surface area (Å²) in [4.78, 5) is 13.1. The Kier molecular flexibility index (Phi) is 2.49. The fourth-order valence-electron chi connectivity index (χ4n) is 1.56. The van der Waals surface area contributed by atoms with E-state index < -0.39 is 0 Å². The molecule has 1 fully saturated rings. The first-order valence-electron chi connectivity index (χ1n) is 5.03. The summed E-state index contributed by atoms with van der Waals surface area (Å²) in [7, 11) is 3.49. The summed E-state index contributed by atoms with van der Waals surface area (Å²) in [5.41, 5.74) is 2.30. The number of nitrogens with zero attached hydrogens (tertiary/aromatic N) is 1. The van der Waals surface area contributed by atoms with Gasteiger partial charge in [-0.25, -0.2) is 0 Å². The summed E-state index contributed by atoms with van der Waals surface area (Å²) in [6.45, 7) is 2.04. The molecular weight excluding hydrogens is 190 g/mol. The molecule has 1 aliphatic heterocycles. The van der Waals surface area contributed by atoms with Crippen LogP contribution in [-0.2, 0) is 9.53 Å². The minimum Gasteiger partial charge on any atom is -0.354 e. The van der Waals surface area contributed by atoms with Crippen molar-refractivity contribution >= 4 is 5.91 Å². The van der Waals surface area contributed by atoms with Gasteiger partial charge in [0, 0.05) is 14.1 Å².